The molecule has 0 saturated heterocycles. The normalized spacial score (nSPS) is 12.4. The number of carbonyl (C=O) groups excluding carboxylic acids is 1. The molecule has 0 aliphatic heterocycles. The highest BCUT2D eigenvalue weighted by molar-refractivity contribution is 5.84. The summed E-state index contributed by atoms with van der Waals surface area (Å²) in [5, 5.41) is 0. The number of hydrogen-bond donors (Lipinski definition) is 2. The average Bonchev–Trinajstić information content (AvgIpc) is 2.26. The molecule has 0 aliphatic carbocycles. The molecule has 0 aliphatic rings. The number of Topliss-reactive ketones (excluding diaryl/α,β-unsaturated/α-hetero) is 1. The third-order valence-corrected chi connectivity index (χ3v) is 2.17. The second-order valence-corrected chi connectivity index (χ2v) is 3.29. The molecule has 0 bridgehead atoms. The van der Waals surface area contributed by atoms with Gasteiger partial charge in [-0.15, -0.1) is 0 Å². The average molecular weight is 192 g/mol. The fourth-order valence-corrected chi connectivity index (χ4v) is 1.23. The summed E-state index contributed by atoms with van der Waals surface area (Å²) >= 11 is 0. The van der Waals surface area contributed by atoms with Crippen molar-refractivity contribution in [2.75, 3.05) is 6.54 Å². The van der Waals surface area contributed by atoms with Gasteiger partial charge >= 0.3 is 0 Å². The molecule has 3 nitrogen and oxygen atoms in total. The summed E-state index contributed by atoms with van der Waals surface area (Å²) in [6, 6.07) is 9.38. The fourth-order valence-electron chi connectivity index (χ4n) is 1.23. The largest absolute Gasteiger partial charge is 0.328 e. The third kappa shape index (κ3) is 3.28. The van der Waals surface area contributed by atoms with Gasteiger partial charge in [0, 0.05) is 13.0 Å². The molecule has 1 aromatic rings. The number of rotatable bonds is 5. The molecule has 76 valence electrons. The Bertz CT molecular complexity index is 285. The number of hydrogen-bond acceptors (Lipinski definition) is 3. The number of ketones is 1. The highest BCUT2D eigenvalue weighted by Gasteiger charge is 2.10. The smallest absolute Gasteiger partial charge is 0.151 e. The highest BCUT2D eigenvalue weighted by atomic mass is 16.1. The molecule has 0 amide bonds. The van der Waals surface area contributed by atoms with E-state index in [0.717, 1.165) is 12.0 Å². The molecule has 1 unspecified atom stereocenters. The summed E-state index contributed by atoms with van der Waals surface area (Å²) in [5.41, 5.74) is 12.0. The highest BCUT2D eigenvalue weighted by Crippen LogP contribution is 2.03. The lowest BCUT2D eigenvalue weighted by molar-refractivity contribution is -0.120. The van der Waals surface area contributed by atoms with Crippen LogP contribution in [-0.4, -0.2) is 18.4 Å². The maximum absolute atomic E-state index is 11.3. The SMILES string of the molecule is NCC(N)C(=O)CCc1ccccc1. The quantitative estimate of drug-likeness (QED) is 0.712. The summed E-state index contributed by atoms with van der Waals surface area (Å²) in [6.07, 6.45) is 1.22. The number of carbonyl (C=O) groups is 1. The molecule has 0 saturated carbocycles. The molecule has 0 radical (unpaired) electrons. The van der Waals surface area contributed by atoms with Crippen molar-refractivity contribution < 1.29 is 4.79 Å². The fraction of sp³-hybridized carbons (Fsp3) is 0.364. The Morgan fingerprint density at radius 1 is 1.29 bits per heavy atom. The van der Waals surface area contributed by atoms with Crippen LogP contribution in [0.3, 0.4) is 0 Å². The van der Waals surface area contributed by atoms with Crippen molar-refractivity contribution in [3.05, 3.63) is 35.9 Å². The van der Waals surface area contributed by atoms with E-state index in [1.165, 1.54) is 0 Å². The zero-order valence-electron chi connectivity index (χ0n) is 8.15. The molecule has 14 heavy (non-hydrogen) atoms. The summed E-state index contributed by atoms with van der Waals surface area (Å²) in [4.78, 5) is 11.3. The number of aryl methyl sites for hydroxylation is 1. The van der Waals surface area contributed by atoms with Crippen molar-refractivity contribution in [2.45, 2.75) is 18.9 Å². The van der Waals surface area contributed by atoms with E-state index in [2.05, 4.69) is 0 Å². The first-order valence-corrected chi connectivity index (χ1v) is 4.76. The van der Waals surface area contributed by atoms with Gasteiger partial charge in [0.2, 0.25) is 0 Å². The Hall–Kier alpha value is -1.19. The lowest BCUT2D eigenvalue weighted by atomic mass is 10.0. The Morgan fingerprint density at radius 3 is 2.50 bits per heavy atom. The van der Waals surface area contributed by atoms with E-state index < -0.39 is 6.04 Å². The Morgan fingerprint density at radius 2 is 1.93 bits per heavy atom. The summed E-state index contributed by atoms with van der Waals surface area (Å²) in [5.74, 6) is 0.0383. The first-order valence-electron chi connectivity index (χ1n) is 4.76. The Balaban J connectivity index is 2.38. The van der Waals surface area contributed by atoms with Gasteiger partial charge < -0.3 is 11.5 Å². The minimum atomic E-state index is -0.501. The van der Waals surface area contributed by atoms with Crippen LogP contribution in [-0.2, 0) is 11.2 Å². The molecule has 1 aromatic carbocycles. The monoisotopic (exact) mass is 192 g/mol. The van der Waals surface area contributed by atoms with E-state index in [4.69, 9.17) is 11.5 Å². The van der Waals surface area contributed by atoms with Crippen LogP contribution < -0.4 is 11.5 Å². The summed E-state index contributed by atoms with van der Waals surface area (Å²) in [6.45, 7) is 0.230. The second-order valence-electron chi connectivity index (χ2n) is 3.29. The maximum atomic E-state index is 11.3. The predicted octanol–water partition coefficient (Wildman–Crippen LogP) is 0.474. The minimum absolute atomic E-state index is 0.0383. The van der Waals surface area contributed by atoms with E-state index in [0.29, 0.717) is 6.42 Å². The van der Waals surface area contributed by atoms with Crippen LogP contribution in [0.15, 0.2) is 30.3 Å². The van der Waals surface area contributed by atoms with Gasteiger partial charge in [0.1, 0.15) is 0 Å². The van der Waals surface area contributed by atoms with Crippen molar-refractivity contribution in [3.8, 4) is 0 Å². The summed E-state index contributed by atoms with van der Waals surface area (Å²) < 4.78 is 0. The van der Waals surface area contributed by atoms with Crippen LogP contribution in [0.25, 0.3) is 0 Å². The minimum Gasteiger partial charge on any atom is -0.328 e. The van der Waals surface area contributed by atoms with Crippen LogP contribution in [0.1, 0.15) is 12.0 Å². The number of nitrogens with two attached hydrogens (primary N) is 2. The van der Waals surface area contributed by atoms with Crippen molar-refractivity contribution >= 4 is 5.78 Å². The van der Waals surface area contributed by atoms with Gasteiger partial charge in [-0.1, -0.05) is 30.3 Å². The third-order valence-electron chi connectivity index (χ3n) is 2.17. The van der Waals surface area contributed by atoms with E-state index in [-0.39, 0.29) is 12.3 Å². The van der Waals surface area contributed by atoms with Crippen LogP contribution in [0.4, 0.5) is 0 Å². The summed E-state index contributed by atoms with van der Waals surface area (Å²) in [7, 11) is 0. The van der Waals surface area contributed by atoms with Crippen LogP contribution >= 0.6 is 0 Å². The van der Waals surface area contributed by atoms with E-state index >= 15 is 0 Å². The van der Waals surface area contributed by atoms with E-state index in [1.54, 1.807) is 0 Å². The maximum Gasteiger partial charge on any atom is 0.151 e. The van der Waals surface area contributed by atoms with Gasteiger partial charge in [0.25, 0.3) is 0 Å². The van der Waals surface area contributed by atoms with Gasteiger partial charge in [0.15, 0.2) is 5.78 Å². The van der Waals surface area contributed by atoms with Crippen molar-refractivity contribution in [2.24, 2.45) is 11.5 Å². The first-order chi connectivity index (χ1) is 6.74. The molecular formula is C11H16N2O. The predicted molar refractivity (Wildman–Crippen MR) is 56.8 cm³/mol. The standard InChI is InChI=1S/C11H16N2O/c12-8-10(13)11(14)7-6-9-4-2-1-3-5-9/h1-5,10H,6-8,12-13H2. The zero-order valence-corrected chi connectivity index (χ0v) is 8.15. The van der Waals surface area contributed by atoms with E-state index in [9.17, 15) is 4.79 Å². The molecule has 1 rings (SSSR count). The molecule has 0 aromatic heterocycles. The first kappa shape index (κ1) is 10.9. The van der Waals surface area contributed by atoms with Crippen molar-refractivity contribution in [3.63, 3.8) is 0 Å². The van der Waals surface area contributed by atoms with Gasteiger partial charge in [-0.2, -0.15) is 0 Å². The molecule has 0 spiro atoms. The lowest BCUT2D eigenvalue weighted by Crippen LogP contribution is -2.37. The molecule has 0 fully saturated rings. The topological polar surface area (TPSA) is 69.1 Å². The molecular weight excluding hydrogens is 176 g/mol. The van der Waals surface area contributed by atoms with Crippen LogP contribution in [0.2, 0.25) is 0 Å². The second kappa shape index (κ2) is 5.52. The van der Waals surface area contributed by atoms with Crippen molar-refractivity contribution in [1.82, 2.24) is 0 Å². The van der Waals surface area contributed by atoms with Crippen LogP contribution in [0.5, 0.6) is 0 Å². The molecule has 3 heteroatoms. The zero-order chi connectivity index (χ0) is 10.4. The Labute approximate surface area is 84.1 Å². The van der Waals surface area contributed by atoms with Crippen LogP contribution in [0, 0.1) is 0 Å². The van der Waals surface area contributed by atoms with Gasteiger partial charge in [-0.3, -0.25) is 4.79 Å². The molecule has 4 N–H and O–H groups in total. The lowest BCUT2D eigenvalue weighted by Gasteiger charge is -2.06. The van der Waals surface area contributed by atoms with Gasteiger partial charge in [0.05, 0.1) is 6.04 Å². The van der Waals surface area contributed by atoms with Gasteiger partial charge in [-0.05, 0) is 12.0 Å². The van der Waals surface area contributed by atoms with E-state index in [1.807, 2.05) is 30.3 Å². The molecule has 1 atom stereocenters. The van der Waals surface area contributed by atoms with Crippen molar-refractivity contribution in [1.29, 1.82) is 0 Å². The number of benzene rings is 1. The van der Waals surface area contributed by atoms with Gasteiger partial charge in [-0.25, -0.2) is 0 Å². The Kier molecular flexibility index (Phi) is 4.29. The molecule has 0 heterocycles.